The third-order valence-corrected chi connectivity index (χ3v) is 3.43. The molecule has 1 amide bonds. The molecular weight excluding hydrogens is 242 g/mol. The number of hydrogen-bond donors (Lipinski definition) is 1. The molecular formula is C14H29N3O2. The zero-order valence-corrected chi connectivity index (χ0v) is 12.3. The van der Waals surface area contributed by atoms with E-state index in [1.165, 1.54) is 0 Å². The van der Waals surface area contributed by atoms with Crippen molar-refractivity contribution in [3.63, 3.8) is 0 Å². The molecule has 0 aromatic rings. The van der Waals surface area contributed by atoms with Crippen LogP contribution in [0.15, 0.2) is 0 Å². The molecule has 1 rings (SSSR count). The fraction of sp³-hybridized carbons (Fsp3) is 0.929. The van der Waals surface area contributed by atoms with Crippen LogP contribution in [0.3, 0.4) is 0 Å². The Bertz CT molecular complexity index is 249. The minimum atomic E-state index is 0.233. The van der Waals surface area contributed by atoms with Crippen LogP contribution in [0.4, 0.5) is 0 Å². The van der Waals surface area contributed by atoms with Gasteiger partial charge < -0.3 is 20.3 Å². The molecule has 2 N–H and O–H groups in total. The van der Waals surface area contributed by atoms with Gasteiger partial charge in [0.25, 0.3) is 0 Å². The normalized spacial score (nSPS) is 17.5. The molecule has 0 saturated carbocycles. The Balaban J connectivity index is 2.21. The maximum Gasteiger partial charge on any atom is 0.224 e. The number of rotatable bonds is 8. The first-order valence-electron chi connectivity index (χ1n) is 7.56. The first-order valence-corrected chi connectivity index (χ1v) is 7.56. The zero-order valence-electron chi connectivity index (χ0n) is 12.3. The lowest BCUT2D eigenvalue weighted by Crippen LogP contribution is -2.36. The molecule has 1 aliphatic rings. The third-order valence-electron chi connectivity index (χ3n) is 3.43. The largest absolute Gasteiger partial charge is 0.381 e. The van der Waals surface area contributed by atoms with Gasteiger partial charge in [-0.2, -0.15) is 0 Å². The van der Waals surface area contributed by atoms with Gasteiger partial charge in [0, 0.05) is 26.2 Å². The van der Waals surface area contributed by atoms with E-state index < -0.39 is 0 Å². The molecule has 112 valence electrons. The van der Waals surface area contributed by atoms with Crippen molar-refractivity contribution in [2.24, 2.45) is 5.73 Å². The second-order valence-electron chi connectivity index (χ2n) is 5.08. The van der Waals surface area contributed by atoms with E-state index in [0.717, 1.165) is 65.1 Å². The zero-order chi connectivity index (χ0) is 13.9. The van der Waals surface area contributed by atoms with Crippen LogP contribution in [-0.2, 0) is 9.53 Å². The molecule has 19 heavy (non-hydrogen) atoms. The summed E-state index contributed by atoms with van der Waals surface area (Å²) in [6, 6.07) is 0. The lowest BCUT2D eigenvalue weighted by molar-refractivity contribution is -0.132. The molecule has 1 saturated heterocycles. The Morgan fingerprint density at radius 2 is 2.05 bits per heavy atom. The molecule has 0 radical (unpaired) electrons. The van der Waals surface area contributed by atoms with E-state index >= 15 is 0 Å². The summed E-state index contributed by atoms with van der Waals surface area (Å²) in [5, 5.41) is 0. The molecule has 1 aliphatic heterocycles. The first-order chi connectivity index (χ1) is 9.27. The Labute approximate surface area is 117 Å². The van der Waals surface area contributed by atoms with Crippen LogP contribution >= 0.6 is 0 Å². The summed E-state index contributed by atoms with van der Waals surface area (Å²) in [4.78, 5) is 16.4. The van der Waals surface area contributed by atoms with Gasteiger partial charge in [0.2, 0.25) is 5.91 Å². The summed E-state index contributed by atoms with van der Waals surface area (Å²) >= 11 is 0. The maximum absolute atomic E-state index is 12.0. The van der Waals surface area contributed by atoms with Crippen LogP contribution in [0.1, 0.15) is 32.6 Å². The molecule has 0 spiro atoms. The Hall–Kier alpha value is -0.650. The average Bonchev–Trinajstić information content (AvgIpc) is 2.66. The number of hydrogen-bond acceptors (Lipinski definition) is 4. The van der Waals surface area contributed by atoms with E-state index in [1.54, 1.807) is 0 Å². The van der Waals surface area contributed by atoms with Gasteiger partial charge in [0.05, 0.1) is 13.0 Å². The smallest absolute Gasteiger partial charge is 0.224 e. The molecule has 0 atom stereocenters. The summed E-state index contributed by atoms with van der Waals surface area (Å²) in [5.41, 5.74) is 5.53. The van der Waals surface area contributed by atoms with Crippen molar-refractivity contribution in [1.82, 2.24) is 9.80 Å². The molecule has 1 heterocycles. The van der Waals surface area contributed by atoms with E-state index in [1.807, 2.05) is 4.90 Å². The molecule has 0 unspecified atom stereocenters. The fourth-order valence-corrected chi connectivity index (χ4v) is 2.32. The van der Waals surface area contributed by atoms with Crippen LogP contribution in [-0.4, -0.2) is 68.2 Å². The number of ether oxygens (including phenoxy) is 1. The van der Waals surface area contributed by atoms with Crippen LogP contribution in [0, 0.1) is 0 Å². The van der Waals surface area contributed by atoms with Crippen LogP contribution < -0.4 is 5.73 Å². The molecule has 0 aliphatic carbocycles. The van der Waals surface area contributed by atoms with E-state index in [-0.39, 0.29) is 5.91 Å². The lowest BCUT2D eigenvalue weighted by atomic mass is 10.3. The number of amides is 1. The maximum atomic E-state index is 12.0. The molecule has 0 bridgehead atoms. The second kappa shape index (κ2) is 10.2. The van der Waals surface area contributed by atoms with Gasteiger partial charge in [-0.25, -0.2) is 0 Å². The first kappa shape index (κ1) is 16.4. The summed E-state index contributed by atoms with van der Waals surface area (Å²) < 4.78 is 5.38. The lowest BCUT2D eigenvalue weighted by Gasteiger charge is -2.21. The van der Waals surface area contributed by atoms with Crippen LogP contribution in [0.25, 0.3) is 0 Å². The third kappa shape index (κ3) is 6.89. The SMILES string of the molecule is CCCOCCC(=O)N1CCCN(CCCN)CC1. The van der Waals surface area contributed by atoms with Crippen LogP contribution in [0.2, 0.25) is 0 Å². The molecule has 5 nitrogen and oxygen atoms in total. The fourth-order valence-electron chi connectivity index (χ4n) is 2.32. The van der Waals surface area contributed by atoms with Crippen molar-refractivity contribution in [2.75, 3.05) is 52.5 Å². The van der Waals surface area contributed by atoms with Gasteiger partial charge in [0.1, 0.15) is 0 Å². The number of carbonyl (C=O) groups is 1. The minimum absolute atomic E-state index is 0.233. The van der Waals surface area contributed by atoms with Gasteiger partial charge >= 0.3 is 0 Å². The molecule has 0 aromatic heterocycles. The predicted molar refractivity (Wildman–Crippen MR) is 77.0 cm³/mol. The van der Waals surface area contributed by atoms with Crippen LogP contribution in [0.5, 0.6) is 0 Å². The van der Waals surface area contributed by atoms with E-state index in [0.29, 0.717) is 13.0 Å². The van der Waals surface area contributed by atoms with Gasteiger partial charge in [-0.1, -0.05) is 6.92 Å². The van der Waals surface area contributed by atoms with Crippen molar-refractivity contribution in [1.29, 1.82) is 0 Å². The highest BCUT2D eigenvalue weighted by molar-refractivity contribution is 5.76. The standard InChI is InChI=1S/C14H29N3O2/c1-2-12-19-13-5-14(18)17-9-4-8-16(10-11-17)7-3-6-15/h2-13,15H2,1H3. The van der Waals surface area contributed by atoms with Crippen molar-refractivity contribution >= 4 is 5.91 Å². The quantitative estimate of drug-likeness (QED) is 0.660. The predicted octanol–water partition coefficient (Wildman–Crippen LogP) is 0.686. The summed E-state index contributed by atoms with van der Waals surface area (Å²) in [5.74, 6) is 0.233. The van der Waals surface area contributed by atoms with Crippen molar-refractivity contribution in [3.8, 4) is 0 Å². The average molecular weight is 271 g/mol. The number of carbonyl (C=O) groups excluding carboxylic acids is 1. The van der Waals surface area contributed by atoms with Crippen molar-refractivity contribution in [2.45, 2.75) is 32.6 Å². The summed E-state index contributed by atoms with van der Waals surface area (Å²) in [6.07, 6.45) is 3.63. The molecule has 1 fully saturated rings. The summed E-state index contributed by atoms with van der Waals surface area (Å²) in [6.45, 7) is 8.96. The van der Waals surface area contributed by atoms with E-state index in [2.05, 4.69) is 11.8 Å². The van der Waals surface area contributed by atoms with Gasteiger partial charge in [0.15, 0.2) is 0 Å². The number of nitrogens with zero attached hydrogens (tertiary/aromatic N) is 2. The van der Waals surface area contributed by atoms with Gasteiger partial charge in [-0.15, -0.1) is 0 Å². The second-order valence-corrected chi connectivity index (χ2v) is 5.08. The summed E-state index contributed by atoms with van der Waals surface area (Å²) in [7, 11) is 0. The Morgan fingerprint density at radius 1 is 1.21 bits per heavy atom. The van der Waals surface area contributed by atoms with Gasteiger partial charge in [-0.05, 0) is 38.9 Å². The topological polar surface area (TPSA) is 58.8 Å². The van der Waals surface area contributed by atoms with Crippen molar-refractivity contribution in [3.05, 3.63) is 0 Å². The van der Waals surface area contributed by atoms with E-state index in [4.69, 9.17) is 10.5 Å². The Morgan fingerprint density at radius 3 is 2.79 bits per heavy atom. The highest BCUT2D eigenvalue weighted by Gasteiger charge is 2.18. The monoisotopic (exact) mass is 271 g/mol. The number of nitrogens with two attached hydrogens (primary N) is 1. The van der Waals surface area contributed by atoms with Crippen molar-refractivity contribution < 1.29 is 9.53 Å². The Kier molecular flexibility index (Phi) is 8.79. The van der Waals surface area contributed by atoms with E-state index in [9.17, 15) is 4.79 Å². The highest BCUT2D eigenvalue weighted by atomic mass is 16.5. The minimum Gasteiger partial charge on any atom is -0.381 e. The molecule has 5 heteroatoms. The van der Waals surface area contributed by atoms with Gasteiger partial charge in [-0.3, -0.25) is 4.79 Å². The molecule has 0 aromatic carbocycles. The highest BCUT2D eigenvalue weighted by Crippen LogP contribution is 2.05.